The minimum absolute atomic E-state index is 0.349. The monoisotopic (exact) mass is 528 g/mol. The Morgan fingerprint density at radius 1 is 1.15 bits per heavy atom. The van der Waals surface area contributed by atoms with Crippen LogP contribution in [-0.4, -0.2) is 71.9 Å². The van der Waals surface area contributed by atoms with Gasteiger partial charge in [0.05, 0.1) is 37.4 Å². The number of benzene rings is 2. The number of fused-ring (bicyclic) bond motifs is 1. The van der Waals surface area contributed by atoms with Gasteiger partial charge in [-0.05, 0) is 24.3 Å². The summed E-state index contributed by atoms with van der Waals surface area (Å²) >= 11 is 0. The highest BCUT2D eigenvalue weighted by atomic mass is 16.5. The maximum atomic E-state index is 12.2. The summed E-state index contributed by atoms with van der Waals surface area (Å²) in [7, 11) is 3.59. The number of nitrogens with zero attached hydrogens (tertiary/aromatic N) is 4. The Morgan fingerprint density at radius 2 is 1.97 bits per heavy atom. The molecule has 10 nitrogen and oxygen atoms in total. The van der Waals surface area contributed by atoms with E-state index in [4.69, 9.17) is 19.2 Å². The zero-order valence-electron chi connectivity index (χ0n) is 22.1. The quantitative estimate of drug-likeness (QED) is 0.295. The smallest absolute Gasteiger partial charge is 0.247 e. The van der Waals surface area contributed by atoms with Crippen molar-refractivity contribution in [2.24, 2.45) is 7.05 Å². The number of ether oxygens (including phenoxy) is 3. The van der Waals surface area contributed by atoms with Crippen molar-refractivity contribution in [1.29, 1.82) is 0 Å². The average Bonchev–Trinajstić information content (AvgIpc) is 3.31. The summed E-state index contributed by atoms with van der Waals surface area (Å²) in [6.07, 6.45) is 4.98. The van der Waals surface area contributed by atoms with Crippen LogP contribution in [0.4, 0.5) is 17.3 Å². The molecule has 202 valence electrons. The van der Waals surface area contributed by atoms with Crippen LogP contribution in [0.5, 0.6) is 11.5 Å². The number of hydrogen-bond donors (Lipinski definition) is 2. The van der Waals surface area contributed by atoms with E-state index in [-0.39, 0.29) is 5.91 Å². The Balaban J connectivity index is 1.41. The van der Waals surface area contributed by atoms with E-state index in [2.05, 4.69) is 50.0 Å². The summed E-state index contributed by atoms with van der Waals surface area (Å²) in [5.74, 6) is 1.05. The molecule has 0 radical (unpaired) electrons. The molecule has 1 aliphatic heterocycles. The highest BCUT2D eigenvalue weighted by molar-refractivity contribution is 6.00. The van der Waals surface area contributed by atoms with Crippen LogP contribution >= 0.6 is 0 Å². The first-order chi connectivity index (χ1) is 19.1. The van der Waals surface area contributed by atoms with E-state index in [1.807, 2.05) is 25.2 Å². The van der Waals surface area contributed by atoms with Gasteiger partial charge in [0.1, 0.15) is 18.1 Å². The summed E-state index contributed by atoms with van der Waals surface area (Å²) in [6.45, 7) is 7.93. The van der Waals surface area contributed by atoms with E-state index in [9.17, 15) is 4.79 Å². The molecule has 2 aromatic heterocycles. The van der Waals surface area contributed by atoms with Crippen molar-refractivity contribution in [3.63, 3.8) is 0 Å². The highest BCUT2D eigenvalue weighted by Gasteiger charge is 2.17. The van der Waals surface area contributed by atoms with Gasteiger partial charge in [0, 0.05) is 61.6 Å². The second kappa shape index (κ2) is 12.0. The molecule has 0 saturated carbocycles. The molecule has 0 bridgehead atoms. The maximum Gasteiger partial charge on any atom is 0.247 e. The van der Waals surface area contributed by atoms with Crippen molar-refractivity contribution in [2.75, 3.05) is 57.2 Å². The number of para-hydroxylation sites is 1. The predicted octanol–water partition coefficient (Wildman–Crippen LogP) is 4.22. The van der Waals surface area contributed by atoms with Crippen LogP contribution in [0, 0.1) is 0 Å². The lowest BCUT2D eigenvalue weighted by Crippen LogP contribution is -2.38. The van der Waals surface area contributed by atoms with Gasteiger partial charge in [-0.25, -0.2) is 9.97 Å². The highest BCUT2D eigenvalue weighted by Crippen LogP contribution is 2.38. The number of amides is 1. The van der Waals surface area contributed by atoms with Gasteiger partial charge in [0.15, 0.2) is 0 Å². The van der Waals surface area contributed by atoms with Gasteiger partial charge in [0.25, 0.3) is 0 Å². The number of carbonyl (C=O) groups is 1. The molecule has 2 N–H and O–H groups in total. The molecule has 0 aliphatic carbocycles. The van der Waals surface area contributed by atoms with Crippen molar-refractivity contribution in [2.45, 2.75) is 0 Å². The van der Waals surface area contributed by atoms with Gasteiger partial charge in [-0.15, -0.1) is 0 Å². The van der Waals surface area contributed by atoms with E-state index in [0.29, 0.717) is 35.4 Å². The lowest BCUT2D eigenvalue weighted by atomic mass is 10.1. The van der Waals surface area contributed by atoms with Crippen molar-refractivity contribution < 1.29 is 19.0 Å². The zero-order valence-corrected chi connectivity index (χ0v) is 22.1. The summed E-state index contributed by atoms with van der Waals surface area (Å²) in [5.41, 5.74) is 3.97. The van der Waals surface area contributed by atoms with Gasteiger partial charge < -0.3 is 29.4 Å². The summed E-state index contributed by atoms with van der Waals surface area (Å²) in [6, 6.07) is 13.6. The van der Waals surface area contributed by atoms with Crippen LogP contribution in [0.25, 0.3) is 22.2 Å². The first-order valence-corrected chi connectivity index (χ1v) is 12.8. The second-order valence-corrected chi connectivity index (χ2v) is 9.11. The Hall–Kier alpha value is -4.41. The van der Waals surface area contributed by atoms with Crippen molar-refractivity contribution in [3.8, 4) is 22.8 Å². The molecule has 2 aromatic carbocycles. The standard InChI is InChI=1S/C29H32N6O4/c1-4-28(36)31-24-17-23(26(37-3)18-27(24)39-16-13-35-11-14-38-15-12-35)33-29-30-10-9-22(32-29)21-19-34(2)25-8-6-5-7-20(21)25/h4-10,17-19H,1,11-16H2,2-3H3,(H,31,36)(H,30,32,33). The number of nitrogens with one attached hydrogen (secondary N) is 2. The Bertz CT molecular complexity index is 1480. The molecule has 5 rings (SSSR count). The summed E-state index contributed by atoms with van der Waals surface area (Å²) in [5, 5.41) is 7.18. The zero-order chi connectivity index (χ0) is 27.2. The first kappa shape index (κ1) is 26.2. The number of aryl methyl sites for hydroxylation is 1. The van der Waals surface area contributed by atoms with Crippen LogP contribution in [0.3, 0.4) is 0 Å². The second-order valence-electron chi connectivity index (χ2n) is 9.11. The Labute approximate surface area is 227 Å². The minimum Gasteiger partial charge on any atom is -0.494 e. The van der Waals surface area contributed by atoms with Crippen molar-refractivity contribution in [1.82, 2.24) is 19.4 Å². The van der Waals surface area contributed by atoms with Crippen LogP contribution in [-0.2, 0) is 16.6 Å². The molecule has 0 unspecified atom stereocenters. The number of morpholine rings is 1. The molecule has 10 heteroatoms. The Kier molecular flexibility index (Phi) is 8.04. The molecule has 0 atom stereocenters. The van der Waals surface area contributed by atoms with Gasteiger partial charge >= 0.3 is 0 Å². The third-order valence-electron chi connectivity index (χ3n) is 6.59. The summed E-state index contributed by atoms with van der Waals surface area (Å²) in [4.78, 5) is 23.7. The van der Waals surface area contributed by atoms with Crippen LogP contribution < -0.4 is 20.1 Å². The van der Waals surface area contributed by atoms with Gasteiger partial charge in [-0.2, -0.15) is 0 Å². The first-order valence-electron chi connectivity index (χ1n) is 12.8. The van der Waals surface area contributed by atoms with Crippen LogP contribution in [0.2, 0.25) is 0 Å². The van der Waals surface area contributed by atoms with Gasteiger partial charge in [-0.1, -0.05) is 24.8 Å². The van der Waals surface area contributed by atoms with Gasteiger partial charge in [0.2, 0.25) is 11.9 Å². The predicted molar refractivity (Wildman–Crippen MR) is 152 cm³/mol. The van der Waals surface area contributed by atoms with Crippen molar-refractivity contribution in [3.05, 3.63) is 67.5 Å². The molecule has 1 fully saturated rings. The number of carbonyl (C=O) groups excluding carboxylic acids is 1. The van der Waals surface area contributed by atoms with Crippen molar-refractivity contribution >= 4 is 34.1 Å². The molecule has 1 saturated heterocycles. The number of aromatic nitrogens is 3. The molecule has 0 spiro atoms. The van der Waals surface area contributed by atoms with E-state index in [0.717, 1.165) is 55.0 Å². The molecular weight excluding hydrogens is 496 g/mol. The molecule has 1 aliphatic rings. The van der Waals surface area contributed by atoms with Crippen LogP contribution in [0.15, 0.2) is 67.5 Å². The SMILES string of the molecule is C=CC(=O)Nc1cc(Nc2nccc(-c3cn(C)c4ccccc34)n2)c(OC)cc1OCCN1CCOCC1. The number of methoxy groups -OCH3 is 1. The number of anilines is 3. The van der Waals surface area contributed by atoms with Gasteiger partial charge in [-0.3, -0.25) is 9.69 Å². The van der Waals surface area contributed by atoms with Crippen LogP contribution in [0.1, 0.15) is 0 Å². The third-order valence-corrected chi connectivity index (χ3v) is 6.59. The fourth-order valence-electron chi connectivity index (χ4n) is 4.57. The molecule has 39 heavy (non-hydrogen) atoms. The topological polar surface area (TPSA) is 103 Å². The number of hydrogen-bond acceptors (Lipinski definition) is 8. The minimum atomic E-state index is -0.349. The maximum absolute atomic E-state index is 12.2. The number of rotatable bonds is 10. The third kappa shape index (κ3) is 6.02. The van der Waals surface area contributed by atoms with E-state index >= 15 is 0 Å². The largest absolute Gasteiger partial charge is 0.494 e. The normalized spacial score (nSPS) is 13.7. The molecule has 4 aromatic rings. The molecular formula is C29H32N6O4. The Morgan fingerprint density at radius 3 is 2.77 bits per heavy atom. The van der Waals surface area contributed by atoms with E-state index < -0.39 is 0 Å². The lowest BCUT2D eigenvalue weighted by molar-refractivity contribution is -0.111. The fourth-order valence-corrected chi connectivity index (χ4v) is 4.57. The summed E-state index contributed by atoms with van der Waals surface area (Å²) < 4.78 is 19.2. The molecule has 3 heterocycles. The van der Waals surface area contributed by atoms with E-state index in [1.54, 1.807) is 25.4 Å². The average molecular weight is 529 g/mol. The fraction of sp³-hybridized carbons (Fsp3) is 0.276. The molecule has 1 amide bonds. The lowest BCUT2D eigenvalue weighted by Gasteiger charge is -2.26. The van der Waals surface area contributed by atoms with E-state index in [1.165, 1.54) is 6.08 Å².